The molecule has 1 aliphatic carbocycles. The number of hydrogen-bond donors (Lipinski definition) is 1. The van der Waals surface area contributed by atoms with Crippen molar-refractivity contribution in [2.45, 2.75) is 0 Å². The van der Waals surface area contributed by atoms with E-state index in [1.807, 2.05) is 0 Å². The van der Waals surface area contributed by atoms with Crippen LogP contribution in [0.15, 0.2) is 75.0 Å². The van der Waals surface area contributed by atoms with Gasteiger partial charge in [0, 0.05) is 33.6 Å². The van der Waals surface area contributed by atoms with Gasteiger partial charge in [-0.3, -0.25) is 4.79 Å². The van der Waals surface area contributed by atoms with Crippen LogP contribution in [0.1, 0.15) is 10.4 Å². The van der Waals surface area contributed by atoms with Gasteiger partial charge in [0.1, 0.15) is 17.1 Å². The van der Waals surface area contributed by atoms with Gasteiger partial charge in [-0.25, -0.2) is 4.79 Å². The number of carboxylic acid groups (broad SMARTS) is 1. The van der Waals surface area contributed by atoms with Gasteiger partial charge in [0.2, 0.25) is 0 Å². The number of benzene rings is 3. The molecule has 1 aliphatic heterocycles. The minimum atomic E-state index is -1.05. The largest absolute Gasteiger partial charge is 0.493 e. The fraction of sp³-hybridized carbons (Fsp3) is 0.0909. The Morgan fingerprint density at radius 2 is 1.93 bits per heavy atom. The molecular formula is C22H15N3O5. The molecule has 148 valence electrons. The number of azide groups is 1. The van der Waals surface area contributed by atoms with Crippen LogP contribution >= 0.6 is 0 Å². The summed E-state index contributed by atoms with van der Waals surface area (Å²) in [6.45, 7) is 0.378. The molecular weight excluding hydrogens is 386 g/mol. The van der Waals surface area contributed by atoms with E-state index in [0.717, 1.165) is 0 Å². The minimum absolute atomic E-state index is 0.146. The lowest BCUT2D eigenvalue weighted by Crippen LogP contribution is -2.04. The van der Waals surface area contributed by atoms with E-state index >= 15 is 0 Å². The summed E-state index contributed by atoms with van der Waals surface area (Å²) in [5.41, 5.74) is 10.5. The van der Waals surface area contributed by atoms with Crippen molar-refractivity contribution in [3.63, 3.8) is 0 Å². The molecule has 0 saturated heterocycles. The van der Waals surface area contributed by atoms with E-state index in [1.165, 1.54) is 18.2 Å². The highest BCUT2D eigenvalue weighted by atomic mass is 16.5. The molecule has 0 spiro atoms. The molecule has 0 unspecified atom stereocenters. The standard InChI is InChI=1S/C22H15N3O5/c23-25-24-9-10-29-14-6-8-18-20(12-14)30-19-11-13(26)5-7-17(19)21(18)15-3-1-2-4-16(15)22(27)28/h1-8,11-12H,9-10H2,(H,27,28). The van der Waals surface area contributed by atoms with Crippen molar-refractivity contribution < 1.29 is 19.1 Å². The average molecular weight is 401 g/mol. The van der Waals surface area contributed by atoms with Crippen molar-refractivity contribution in [2.24, 2.45) is 5.11 Å². The highest BCUT2D eigenvalue weighted by Crippen LogP contribution is 2.41. The first-order valence-corrected chi connectivity index (χ1v) is 9.05. The van der Waals surface area contributed by atoms with E-state index < -0.39 is 5.97 Å². The Balaban J connectivity index is 1.97. The van der Waals surface area contributed by atoms with Crippen molar-refractivity contribution in [2.75, 3.05) is 13.2 Å². The lowest BCUT2D eigenvalue weighted by Gasteiger charge is -2.17. The molecule has 0 radical (unpaired) electrons. The van der Waals surface area contributed by atoms with Crippen molar-refractivity contribution in [1.82, 2.24) is 0 Å². The maximum absolute atomic E-state index is 11.9. The Hall–Kier alpha value is -4.29. The molecule has 0 fully saturated rings. The van der Waals surface area contributed by atoms with Crippen molar-refractivity contribution >= 4 is 16.9 Å². The zero-order valence-electron chi connectivity index (χ0n) is 15.6. The number of aromatic carboxylic acids is 1. The molecule has 1 N–H and O–H groups in total. The normalized spacial score (nSPS) is 10.7. The van der Waals surface area contributed by atoms with Gasteiger partial charge < -0.3 is 14.3 Å². The second kappa shape index (κ2) is 7.98. The van der Waals surface area contributed by atoms with Crippen LogP contribution in [0.2, 0.25) is 0 Å². The summed E-state index contributed by atoms with van der Waals surface area (Å²) in [6.07, 6.45) is 0. The van der Waals surface area contributed by atoms with Crippen molar-refractivity contribution in [3.05, 3.63) is 86.9 Å². The van der Waals surface area contributed by atoms with Gasteiger partial charge in [-0.2, -0.15) is 0 Å². The molecule has 2 aromatic rings. The predicted octanol–water partition coefficient (Wildman–Crippen LogP) is 4.95. The van der Waals surface area contributed by atoms with Crippen LogP contribution in [0.3, 0.4) is 0 Å². The Morgan fingerprint density at radius 3 is 2.73 bits per heavy atom. The van der Waals surface area contributed by atoms with E-state index in [1.54, 1.807) is 42.5 Å². The predicted molar refractivity (Wildman–Crippen MR) is 111 cm³/mol. The molecule has 0 atom stereocenters. The lowest BCUT2D eigenvalue weighted by atomic mass is 9.91. The first kappa shape index (κ1) is 19.0. The number of hydrogen-bond acceptors (Lipinski definition) is 5. The van der Waals surface area contributed by atoms with Gasteiger partial charge >= 0.3 is 5.97 Å². The maximum Gasteiger partial charge on any atom is 0.336 e. The van der Waals surface area contributed by atoms with E-state index in [2.05, 4.69) is 10.0 Å². The number of fused-ring (bicyclic) bond motifs is 2. The fourth-order valence-electron chi connectivity index (χ4n) is 3.37. The summed E-state index contributed by atoms with van der Waals surface area (Å²) < 4.78 is 11.5. The third kappa shape index (κ3) is 3.55. The second-order valence-corrected chi connectivity index (χ2v) is 6.45. The zero-order valence-corrected chi connectivity index (χ0v) is 15.6. The number of carboxylic acids is 1. The van der Waals surface area contributed by atoms with Gasteiger partial charge in [0.15, 0.2) is 5.43 Å². The molecule has 8 heteroatoms. The molecule has 2 aliphatic rings. The number of nitrogens with zero attached hydrogens (tertiary/aromatic N) is 3. The SMILES string of the molecule is [N-]=[N+]=NCCOc1ccc2c(-c3ccccc3C(=O)O)c3ccc(=O)cc-3oc2c1. The smallest absolute Gasteiger partial charge is 0.336 e. The van der Waals surface area contributed by atoms with Gasteiger partial charge in [-0.15, -0.1) is 0 Å². The molecule has 8 nitrogen and oxygen atoms in total. The van der Waals surface area contributed by atoms with Crippen LogP contribution < -0.4 is 10.2 Å². The third-order valence-corrected chi connectivity index (χ3v) is 4.61. The highest BCUT2D eigenvalue weighted by Gasteiger charge is 2.21. The van der Waals surface area contributed by atoms with Gasteiger partial charge in [-0.05, 0) is 41.4 Å². The van der Waals surface area contributed by atoms with E-state index in [4.69, 9.17) is 14.7 Å². The molecule has 0 aromatic heterocycles. The molecule has 0 bridgehead atoms. The van der Waals surface area contributed by atoms with Gasteiger partial charge in [0.05, 0.1) is 18.7 Å². The number of carbonyl (C=O) groups is 1. The minimum Gasteiger partial charge on any atom is -0.493 e. The quantitative estimate of drug-likeness (QED) is 0.161. The Bertz CT molecular complexity index is 1340. The first-order valence-electron chi connectivity index (χ1n) is 9.05. The summed E-state index contributed by atoms with van der Waals surface area (Å²) in [5.74, 6) is -0.211. The molecule has 2 aromatic carbocycles. The third-order valence-electron chi connectivity index (χ3n) is 4.61. The Kier molecular flexibility index (Phi) is 5.07. The van der Waals surface area contributed by atoms with Crippen LogP contribution in [0, 0.1) is 0 Å². The van der Waals surface area contributed by atoms with E-state index in [-0.39, 0.29) is 24.1 Å². The summed E-state index contributed by atoms with van der Waals surface area (Å²) in [7, 11) is 0. The Morgan fingerprint density at radius 1 is 1.10 bits per heavy atom. The molecule has 1 heterocycles. The van der Waals surface area contributed by atoms with Crippen LogP contribution in [-0.4, -0.2) is 24.2 Å². The van der Waals surface area contributed by atoms with Gasteiger partial charge in [-0.1, -0.05) is 23.3 Å². The van der Waals surface area contributed by atoms with Crippen molar-refractivity contribution in [1.29, 1.82) is 0 Å². The maximum atomic E-state index is 11.9. The number of rotatable bonds is 6. The average Bonchev–Trinajstić information content (AvgIpc) is 2.75. The Labute approximate surface area is 169 Å². The van der Waals surface area contributed by atoms with Crippen LogP contribution in [-0.2, 0) is 0 Å². The van der Waals surface area contributed by atoms with E-state index in [9.17, 15) is 14.7 Å². The molecule has 30 heavy (non-hydrogen) atoms. The summed E-state index contributed by atoms with van der Waals surface area (Å²) in [6, 6.07) is 16.3. The fourth-order valence-corrected chi connectivity index (χ4v) is 3.37. The topological polar surface area (TPSA) is 126 Å². The van der Waals surface area contributed by atoms with Gasteiger partial charge in [0.25, 0.3) is 0 Å². The number of ether oxygens (including phenoxy) is 1. The van der Waals surface area contributed by atoms with Crippen LogP contribution in [0.25, 0.3) is 43.9 Å². The highest BCUT2D eigenvalue weighted by molar-refractivity contribution is 6.07. The molecule has 0 amide bonds. The lowest BCUT2D eigenvalue weighted by molar-refractivity contribution is 0.0697. The second-order valence-electron chi connectivity index (χ2n) is 6.45. The van der Waals surface area contributed by atoms with Crippen LogP contribution in [0.4, 0.5) is 0 Å². The van der Waals surface area contributed by atoms with Crippen molar-refractivity contribution in [3.8, 4) is 28.2 Å². The van der Waals surface area contributed by atoms with E-state index in [0.29, 0.717) is 39.2 Å². The molecule has 4 rings (SSSR count). The summed E-state index contributed by atoms with van der Waals surface area (Å²) in [5, 5.41) is 13.8. The summed E-state index contributed by atoms with van der Waals surface area (Å²) >= 11 is 0. The monoisotopic (exact) mass is 401 g/mol. The zero-order chi connectivity index (χ0) is 21.1. The molecule has 0 saturated carbocycles. The summed E-state index contributed by atoms with van der Waals surface area (Å²) in [4.78, 5) is 26.4. The van der Waals surface area contributed by atoms with Crippen LogP contribution in [0.5, 0.6) is 5.75 Å². The first-order chi connectivity index (χ1) is 14.6.